The molecule has 0 aliphatic carbocycles. The molecule has 0 fully saturated rings. The Labute approximate surface area is 105 Å². The van der Waals surface area contributed by atoms with E-state index in [-0.39, 0.29) is 0 Å². The van der Waals surface area contributed by atoms with E-state index in [4.69, 9.17) is 10.5 Å². The Balaban J connectivity index is 2.77. The average Bonchev–Trinajstić information content (AvgIpc) is 2.26. The molecule has 1 heterocycles. The number of nitrogens with two attached hydrogens (primary N) is 1. The van der Waals surface area contributed by atoms with Gasteiger partial charge in [-0.05, 0) is 28.8 Å². The first kappa shape index (κ1) is 13.4. The fraction of sp³-hybridized carbons (Fsp3) is 0.636. The van der Waals surface area contributed by atoms with Crippen molar-refractivity contribution in [2.45, 2.75) is 39.7 Å². The second kappa shape index (κ2) is 6.81. The first-order valence-corrected chi connectivity index (χ1v) is 6.36. The van der Waals surface area contributed by atoms with Gasteiger partial charge in [0.05, 0.1) is 10.2 Å². The van der Waals surface area contributed by atoms with Crippen molar-refractivity contribution in [1.82, 2.24) is 9.97 Å². The molecule has 0 saturated heterocycles. The summed E-state index contributed by atoms with van der Waals surface area (Å²) in [4.78, 5) is 8.61. The molecule has 0 atom stereocenters. The second-order valence-corrected chi connectivity index (χ2v) is 4.38. The normalized spacial score (nSPS) is 10.7. The van der Waals surface area contributed by atoms with Crippen LogP contribution >= 0.6 is 15.9 Å². The van der Waals surface area contributed by atoms with Gasteiger partial charge in [-0.2, -0.15) is 0 Å². The van der Waals surface area contributed by atoms with Crippen molar-refractivity contribution in [3.8, 4) is 0 Å². The summed E-state index contributed by atoms with van der Waals surface area (Å²) >= 11 is 3.41. The van der Waals surface area contributed by atoms with Crippen LogP contribution in [0, 0.1) is 0 Å². The minimum atomic E-state index is 0.433. The molecule has 5 heteroatoms. The molecule has 1 aromatic rings. The van der Waals surface area contributed by atoms with E-state index in [1.54, 1.807) is 0 Å². The third-order valence-electron chi connectivity index (χ3n) is 2.06. The van der Waals surface area contributed by atoms with Gasteiger partial charge in [0.15, 0.2) is 5.82 Å². The molecule has 0 spiro atoms. The lowest BCUT2D eigenvalue weighted by atomic mass is 10.2. The van der Waals surface area contributed by atoms with Gasteiger partial charge < -0.3 is 10.5 Å². The lowest BCUT2D eigenvalue weighted by Gasteiger charge is -2.08. The Hall–Kier alpha value is -0.680. The van der Waals surface area contributed by atoms with Crippen LogP contribution in [0.3, 0.4) is 0 Å². The van der Waals surface area contributed by atoms with Gasteiger partial charge in [-0.3, -0.25) is 0 Å². The third kappa shape index (κ3) is 3.72. The predicted octanol–water partition coefficient (Wildman–Crippen LogP) is 2.70. The SMILES string of the molecule is CCCOCc1nc(N)c(Br)c(CCC)n1. The number of anilines is 1. The highest BCUT2D eigenvalue weighted by atomic mass is 79.9. The highest BCUT2D eigenvalue weighted by molar-refractivity contribution is 9.10. The van der Waals surface area contributed by atoms with Crippen LogP contribution in [0.5, 0.6) is 0 Å². The topological polar surface area (TPSA) is 61.0 Å². The van der Waals surface area contributed by atoms with Gasteiger partial charge in [-0.15, -0.1) is 0 Å². The standard InChI is InChI=1S/C11H18BrN3O/c1-3-5-8-10(12)11(13)15-9(14-8)7-16-6-4-2/h3-7H2,1-2H3,(H2,13,14,15). The van der Waals surface area contributed by atoms with Crippen molar-refractivity contribution in [1.29, 1.82) is 0 Å². The molecular weight excluding hydrogens is 270 g/mol. The van der Waals surface area contributed by atoms with Crippen molar-refractivity contribution >= 4 is 21.7 Å². The zero-order chi connectivity index (χ0) is 12.0. The minimum absolute atomic E-state index is 0.433. The largest absolute Gasteiger partial charge is 0.383 e. The summed E-state index contributed by atoms with van der Waals surface area (Å²) in [5.41, 5.74) is 6.77. The number of aromatic nitrogens is 2. The van der Waals surface area contributed by atoms with Crippen LogP contribution in [-0.4, -0.2) is 16.6 Å². The fourth-order valence-electron chi connectivity index (χ4n) is 1.34. The molecule has 0 amide bonds. The second-order valence-electron chi connectivity index (χ2n) is 3.59. The van der Waals surface area contributed by atoms with Gasteiger partial charge in [0.25, 0.3) is 0 Å². The average molecular weight is 288 g/mol. The van der Waals surface area contributed by atoms with Gasteiger partial charge >= 0.3 is 0 Å². The van der Waals surface area contributed by atoms with Gasteiger partial charge in [0.2, 0.25) is 0 Å². The van der Waals surface area contributed by atoms with Crippen LogP contribution in [0.1, 0.15) is 38.2 Å². The number of hydrogen-bond acceptors (Lipinski definition) is 4. The summed E-state index contributed by atoms with van der Waals surface area (Å²) < 4.78 is 6.21. The van der Waals surface area contributed by atoms with Crippen molar-refractivity contribution in [3.63, 3.8) is 0 Å². The zero-order valence-electron chi connectivity index (χ0n) is 9.79. The minimum Gasteiger partial charge on any atom is -0.383 e. The number of aryl methyl sites for hydroxylation is 1. The monoisotopic (exact) mass is 287 g/mol. The maximum absolute atomic E-state index is 5.80. The molecule has 4 nitrogen and oxygen atoms in total. The summed E-state index contributed by atoms with van der Waals surface area (Å²) in [6.07, 6.45) is 2.92. The van der Waals surface area contributed by atoms with Crippen molar-refractivity contribution in [2.24, 2.45) is 0 Å². The van der Waals surface area contributed by atoms with E-state index in [2.05, 4.69) is 39.7 Å². The number of halogens is 1. The Kier molecular flexibility index (Phi) is 5.69. The summed E-state index contributed by atoms with van der Waals surface area (Å²) in [7, 11) is 0. The summed E-state index contributed by atoms with van der Waals surface area (Å²) in [5, 5.41) is 0. The van der Waals surface area contributed by atoms with E-state index >= 15 is 0 Å². The first-order valence-electron chi connectivity index (χ1n) is 5.57. The summed E-state index contributed by atoms with van der Waals surface area (Å²) in [6.45, 7) is 5.34. The van der Waals surface area contributed by atoms with Gasteiger partial charge in [0.1, 0.15) is 12.4 Å². The lowest BCUT2D eigenvalue weighted by Crippen LogP contribution is -2.07. The fourth-order valence-corrected chi connectivity index (χ4v) is 1.72. The number of rotatable bonds is 6. The molecule has 1 aromatic heterocycles. The molecule has 0 saturated carbocycles. The number of nitrogens with zero attached hydrogens (tertiary/aromatic N) is 2. The van der Waals surface area contributed by atoms with Crippen LogP contribution in [0.2, 0.25) is 0 Å². The highest BCUT2D eigenvalue weighted by Gasteiger charge is 2.09. The Morgan fingerprint density at radius 1 is 1.25 bits per heavy atom. The number of hydrogen-bond donors (Lipinski definition) is 1. The van der Waals surface area contributed by atoms with Crippen LogP contribution in [0.4, 0.5) is 5.82 Å². The first-order chi connectivity index (χ1) is 7.69. The molecule has 0 unspecified atom stereocenters. The van der Waals surface area contributed by atoms with Crippen molar-refractivity contribution < 1.29 is 4.74 Å². The summed E-state index contributed by atoms with van der Waals surface area (Å²) in [5.74, 6) is 1.16. The van der Waals surface area contributed by atoms with Crippen LogP contribution < -0.4 is 5.73 Å². The van der Waals surface area contributed by atoms with Crippen LogP contribution in [0.25, 0.3) is 0 Å². The molecule has 2 N–H and O–H groups in total. The molecule has 0 bridgehead atoms. The third-order valence-corrected chi connectivity index (χ3v) is 2.92. The van der Waals surface area contributed by atoms with E-state index < -0.39 is 0 Å². The Morgan fingerprint density at radius 2 is 2.00 bits per heavy atom. The molecular formula is C11H18BrN3O. The molecule has 16 heavy (non-hydrogen) atoms. The summed E-state index contributed by atoms with van der Waals surface area (Å²) in [6, 6.07) is 0. The Bertz CT molecular complexity index is 344. The van der Waals surface area contributed by atoms with E-state index in [9.17, 15) is 0 Å². The predicted molar refractivity (Wildman–Crippen MR) is 68.1 cm³/mol. The number of nitrogen functional groups attached to an aromatic ring is 1. The quantitative estimate of drug-likeness (QED) is 0.818. The van der Waals surface area contributed by atoms with Gasteiger partial charge in [-0.25, -0.2) is 9.97 Å². The Morgan fingerprint density at radius 3 is 2.62 bits per heavy atom. The van der Waals surface area contributed by atoms with Crippen molar-refractivity contribution in [2.75, 3.05) is 12.3 Å². The van der Waals surface area contributed by atoms with E-state index in [0.717, 1.165) is 36.0 Å². The number of ether oxygens (including phenoxy) is 1. The molecule has 0 radical (unpaired) electrons. The molecule has 0 aromatic carbocycles. The smallest absolute Gasteiger partial charge is 0.156 e. The van der Waals surface area contributed by atoms with Crippen LogP contribution in [0.15, 0.2) is 4.47 Å². The van der Waals surface area contributed by atoms with Crippen LogP contribution in [-0.2, 0) is 17.8 Å². The van der Waals surface area contributed by atoms with Gasteiger partial charge in [-0.1, -0.05) is 20.3 Å². The van der Waals surface area contributed by atoms with Gasteiger partial charge in [0, 0.05) is 6.61 Å². The van der Waals surface area contributed by atoms with E-state index in [1.807, 2.05) is 0 Å². The van der Waals surface area contributed by atoms with E-state index in [1.165, 1.54) is 0 Å². The lowest BCUT2D eigenvalue weighted by molar-refractivity contribution is 0.116. The maximum atomic E-state index is 5.80. The maximum Gasteiger partial charge on any atom is 0.156 e. The molecule has 0 aliphatic rings. The molecule has 90 valence electrons. The van der Waals surface area contributed by atoms with E-state index in [0.29, 0.717) is 18.2 Å². The van der Waals surface area contributed by atoms with Crippen molar-refractivity contribution in [3.05, 3.63) is 16.0 Å². The molecule has 1 rings (SSSR count). The molecule has 0 aliphatic heterocycles. The zero-order valence-corrected chi connectivity index (χ0v) is 11.4. The highest BCUT2D eigenvalue weighted by Crippen LogP contribution is 2.22.